The van der Waals surface area contributed by atoms with Crippen LogP contribution in [0.25, 0.3) is 0 Å². The Balaban J connectivity index is 1.70. The van der Waals surface area contributed by atoms with Gasteiger partial charge < -0.3 is 20.4 Å². The van der Waals surface area contributed by atoms with Crippen LogP contribution in [-0.2, 0) is 4.79 Å². The van der Waals surface area contributed by atoms with Crippen LogP contribution >= 0.6 is 0 Å². The van der Waals surface area contributed by atoms with Crippen LogP contribution < -0.4 is 0 Å². The van der Waals surface area contributed by atoms with Crippen molar-refractivity contribution in [2.75, 3.05) is 0 Å². The van der Waals surface area contributed by atoms with Gasteiger partial charge in [-0.1, -0.05) is 20.8 Å². The smallest absolute Gasteiger partial charge is 0.303 e. The van der Waals surface area contributed by atoms with Gasteiger partial charge in [0.25, 0.3) is 0 Å². The average Bonchev–Trinajstić information content (AvgIpc) is 3.06. The predicted octanol–water partition coefficient (Wildman–Crippen LogP) is 3.45. The maximum Gasteiger partial charge on any atom is 0.303 e. The van der Waals surface area contributed by atoms with Crippen molar-refractivity contribution in [2.45, 2.75) is 96.8 Å². The Labute approximate surface area is 181 Å². The van der Waals surface area contributed by atoms with Gasteiger partial charge in [-0.25, -0.2) is 0 Å². The van der Waals surface area contributed by atoms with Crippen LogP contribution in [0.1, 0.15) is 85.3 Å². The van der Waals surface area contributed by atoms with Gasteiger partial charge in [-0.05, 0) is 97.6 Å². The largest absolute Gasteiger partial charge is 0.481 e. The fourth-order valence-corrected chi connectivity index (χ4v) is 7.88. The molecular formula is C24H40O5. The van der Waals surface area contributed by atoms with E-state index in [-0.39, 0.29) is 48.9 Å². The van der Waals surface area contributed by atoms with Crippen molar-refractivity contribution in [1.82, 2.24) is 0 Å². The molecule has 4 rings (SSSR count). The van der Waals surface area contributed by atoms with Crippen LogP contribution in [0.2, 0.25) is 0 Å². The first-order valence-electron chi connectivity index (χ1n) is 13.7. The van der Waals surface area contributed by atoms with Crippen molar-refractivity contribution in [3.05, 3.63) is 0 Å². The molecule has 0 aromatic rings. The van der Waals surface area contributed by atoms with E-state index in [0.717, 1.165) is 12.8 Å². The second-order valence-corrected chi connectivity index (χ2v) is 10.7. The number of rotatable bonds is 4. The predicted molar refractivity (Wildman–Crippen MR) is 110 cm³/mol. The molecule has 0 spiro atoms. The Bertz CT molecular complexity index is 837. The van der Waals surface area contributed by atoms with Gasteiger partial charge in [0.15, 0.2) is 0 Å². The summed E-state index contributed by atoms with van der Waals surface area (Å²) in [5, 5.41) is 42.7. The molecule has 5 nitrogen and oxygen atoms in total. The van der Waals surface area contributed by atoms with E-state index in [1.54, 1.807) is 0 Å². The van der Waals surface area contributed by atoms with Crippen LogP contribution in [0.3, 0.4) is 0 Å². The van der Waals surface area contributed by atoms with Gasteiger partial charge >= 0.3 is 5.97 Å². The number of aliphatic hydroxyl groups excluding tert-OH is 2. The van der Waals surface area contributed by atoms with E-state index in [9.17, 15) is 20.1 Å². The molecule has 0 aromatic carbocycles. The first kappa shape index (κ1) is 16.0. The van der Waals surface area contributed by atoms with Crippen molar-refractivity contribution in [3.8, 4) is 0 Å². The highest BCUT2D eigenvalue weighted by Crippen LogP contribution is 2.68. The van der Waals surface area contributed by atoms with Crippen molar-refractivity contribution < 1.29 is 32.1 Å². The second kappa shape index (κ2) is 7.49. The standard InChI is InChI=1S/C24H40O5/c1-13(4-7-21(28)29)16-5-6-17-22-18(12-20(27)24(16,17)3)23(2)9-8-15(25)10-14(23)11-19(22)26/h13-20,22,25-27H,4-12H2,1-3H3,(H,28,29)/t13-,14+,15-,16-,17+,18?,19-,20+,22?,23+,24-/m1/s1/i8D2,10D2,15D. The molecule has 2 unspecified atom stereocenters. The summed E-state index contributed by atoms with van der Waals surface area (Å²) in [4.78, 5) is 11.1. The van der Waals surface area contributed by atoms with Crippen molar-refractivity contribution in [2.24, 2.45) is 46.3 Å². The maximum absolute atomic E-state index is 11.6. The zero-order valence-electron chi connectivity index (χ0n) is 22.8. The minimum atomic E-state index is -2.93. The lowest BCUT2D eigenvalue weighted by Crippen LogP contribution is -2.62. The molecule has 4 aliphatic carbocycles. The van der Waals surface area contributed by atoms with Crippen LogP contribution in [0, 0.1) is 46.3 Å². The molecule has 0 radical (unpaired) electrons. The summed E-state index contributed by atoms with van der Waals surface area (Å²) in [5.74, 6) is -2.18. The van der Waals surface area contributed by atoms with Gasteiger partial charge in [0, 0.05) is 11.9 Å². The maximum atomic E-state index is 11.6. The number of carbonyl (C=O) groups is 1. The van der Waals surface area contributed by atoms with Crippen LogP contribution in [0.4, 0.5) is 0 Å². The number of aliphatic hydroxyl groups is 3. The van der Waals surface area contributed by atoms with Gasteiger partial charge in [0.2, 0.25) is 0 Å². The zero-order valence-corrected chi connectivity index (χ0v) is 17.8. The molecular weight excluding hydrogens is 368 g/mol. The Morgan fingerprint density at radius 3 is 2.62 bits per heavy atom. The first-order valence-corrected chi connectivity index (χ1v) is 11.2. The first-order chi connectivity index (χ1) is 15.4. The fraction of sp³-hybridized carbons (Fsp3) is 0.958. The van der Waals surface area contributed by atoms with Crippen LogP contribution in [0.15, 0.2) is 0 Å². The van der Waals surface area contributed by atoms with Gasteiger partial charge in [0.05, 0.1) is 19.7 Å². The minimum absolute atomic E-state index is 0.0418. The highest BCUT2D eigenvalue weighted by Gasteiger charge is 2.65. The van der Waals surface area contributed by atoms with Crippen LogP contribution in [-0.4, -0.2) is 44.7 Å². The van der Waals surface area contributed by atoms with E-state index in [4.69, 9.17) is 12.0 Å². The van der Waals surface area contributed by atoms with Crippen molar-refractivity contribution in [1.29, 1.82) is 0 Å². The number of fused-ring (bicyclic) bond motifs is 5. The number of carboxylic acid groups (broad SMARTS) is 1. The fourth-order valence-electron chi connectivity index (χ4n) is 7.88. The van der Waals surface area contributed by atoms with E-state index >= 15 is 0 Å². The molecule has 29 heavy (non-hydrogen) atoms. The number of hydrogen-bond acceptors (Lipinski definition) is 4. The summed E-state index contributed by atoms with van der Waals surface area (Å²) >= 11 is 0. The monoisotopic (exact) mass is 413 g/mol. The number of hydrogen-bond donors (Lipinski definition) is 4. The van der Waals surface area contributed by atoms with E-state index in [0.29, 0.717) is 12.8 Å². The number of carboxylic acids is 1. The SMILES string of the molecule is [2H]C1([2H])C[C@]2(C)C3C[C@H](O)[C@]4(C)[C@@H]([C@H](C)CCC(=O)O)CC[C@H]4C3[C@H](O)C[C@@H]2C([2H])([2H])[C@]1([2H])O. The zero-order chi connectivity index (χ0) is 25.6. The molecule has 4 N–H and O–H groups in total. The second-order valence-electron chi connectivity index (χ2n) is 10.7. The third-order valence-electron chi connectivity index (χ3n) is 9.52. The Kier molecular flexibility index (Phi) is 4.15. The normalized spacial score (nSPS) is 61.4. The molecule has 5 heteroatoms. The Hall–Kier alpha value is -0.650. The lowest BCUT2D eigenvalue weighted by Gasteiger charge is -2.63. The molecule has 0 bridgehead atoms. The molecule has 0 aromatic heterocycles. The summed E-state index contributed by atoms with van der Waals surface area (Å²) in [6.45, 7) is 5.91. The van der Waals surface area contributed by atoms with Crippen molar-refractivity contribution in [3.63, 3.8) is 0 Å². The summed E-state index contributed by atoms with van der Waals surface area (Å²) in [7, 11) is 0. The molecule has 11 atom stereocenters. The van der Waals surface area contributed by atoms with E-state index < -0.39 is 53.8 Å². The summed E-state index contributed by atoms with van der Waals surface area (Å²) in [6.07, 6.45) is -7.26. The van der Waals surface area contributed by atoms with Crippen LogP contribution in [0.5, 0.6) is 0 Å². The molecule has 0 heterocycles. The molecule has 0 amide bonds. The third kappa shape index (κ3) is 3.27. The van der Waals surface area contributed by atoms with Gasteiger partial charge in [0.1, 0.15) is 0 Å². The average molecular weight is 414 g/mol. The minimum Gasteiger partial charge on any atom is -0.481 e. The Morgan fingerprint density at radius 2 is 1.93 bits per heavy atom. The molecule has 0 saturated heterocycles. The topological polar surface area (TPSA) is 98.0 Å². The van der Waals surface area contributed by atoms with Gasteiger partial charge in [-0.15, -0.1) is 0 Å². The summed E-state index contributed by atoms with van der Waals surface area (Å²) in [6, 6.07) is 0. The quantitative estimate of drug-likeness (QED) is 0.566. The van der Waals surface area contributed by atoms with Gasteiger partial charge in [-0.3, -0.25) is 4.79 Å². The van der Waals surface area contributed by atoms with E-state index in [2.05, 4.69) is 6.92 Å². The van der Waals surface area contributed by atoms with Crippen molar-refractivity contribution >= 4 is 5.97 Å². The van der Waals surface area contributed by atoms with E-state index in [1.807, 2.05) is 13.8 Å². The lowest BCUT2D eigenvalue weighted by molar-refractivity contribution is -0.207. The Morgan fingerprint density at radius 1 is 1.21 bits per heavy atom. The highest BCUT2D eigenvalue weighted by molar-refractivity contribution is 5.66. The molecule has 166 valence electrons. The molecule has 4 saturated carbocycles. The summed E-state index contributed by atoms with van der Waals surface area (Å²) < 4.78 is 42.2. The number of aliphatic carboxylic acids is 1. The van der Waals surface area contributed by atoms with Gasteiger partial charge in [-0.2, -0.15) is 0 Å². The molecule has 4 aliphatic rings. The molecule has 4 fully saturated rings. The third-order valence-corrected chi connectivity index (χ3v) is 9.52. The highest BCUT2D eigenvalue weighted by atomic mass is 16.4. The van der Waals surface area contributed by atoms with E-state index in [1.165, 1.54) is 0 Å². The molecule has 0 aliphatic heterocycles. The summed E-state index contributed by atoms with van der Waals surface area (Å²) in [5.41, 5.74) is -1.44. The lowest BCUT2D eigenvalue weighted by atomic mass is 9.43.